The van der Waals surface area contributed by atoms with Crippen LogP contribution in [0.15, 0.2) is 73.8 Å². The van der Waals surface area contributed by atoms with Gasteiger partial charge in [0.05, 0.1) is 89.8 Å². The van der Waals surface area contributed by atoms with Gasteiger partial charge in [-0.25, -0.2) is 0 Å². The number of aliphatic hydroxyl groups is 1. The number of alkyl halides is 1. The summed E-state index contributed by atoms with van der Waals surface area (Å²) in [7, 11) is -1.83. The van der Waals surface area contributed by atoms with Crippen LogP contribution >= 0.6 is 22.6 Å². The smallest absolute Gasteiger partial charge is 0.349 e. The first kappa shape index (κ1) is 69.2. The first-order chi connectivity index (χ1) is 37.8. The fraction of sp³-hybridized carbons (Fsp3) is 0.719. The lowest BCUT2D eigenvalue weighted by atomic mass is 9.86. The predicted molar refractivity (Wildman–Crippen MR) is 332 cm³/mol. The Hall–Kier alpha value is -2.54. The van der Waals surface area contributed by atoms with Crippen LogP contribution in [-0.4, -0.2) is 127 Å². The summed E-state index contributed by atoms with van der Waals surface area (Å²) in [4.78, 5) is 24.9. The second kappa shape index (κ2) is 29.2. The Morgan fingerprint density at radius 1 is 0.667 bits per heavy atom. The number of aliphatic hydroxyl groups excluding tert-OH is 1. The van der Waals surface area contributed by atoms with E-state index < -0.39 is 29.3 Å². The number of ether oxygens (including phenoxy) is 7. The highest BCUT2D eigenvalue weighted by molar-refractivity contribution is 14.1. The van der Waals surface area contributed by atoms with E-state index in [2.05, 4.69) is 133 Å². The molecule has 5 fully saturated rings. The summed E-state index contributed by atoms with van der Waals surface area (Å²) in [5, 5.41) is 10.7. The van der Waals surface area contributed by atoms with Gasteiger partial charge in [-0.05, 0) is 59.1 Å². The van der Waals surface area contributed by atoms with E-state index in [9.17, 15) is 14.7 Å². The predicted octanol–water partition coefficient (Wildman–Crippen LogP) is 13.8. The molecular weight excluding hydrogens is 1180 g/mol. The van der Waals surface area contributed by atoms with Crippen molar-refractivity contribution >= 4 is 51.5 Å². The lowest BCUT2D eigenvalue weighted by molar-refractivity contribution is -0.234. The SMILES string of the molecule is C=C[C@@H](OCc1ccc(OC)cc1)[C@@H](C)CC(=O)C[C@H](C)[C@@H]1O[C@@H]2CO[Si](C(C)(C)C)(C(C)(C)C)O[C@@H]2C[C@@H]1O.C=C[C@@H](OCc1ccc(OC)cc1)[C@@H](C)CI.C[C@H]1CC(=O)O[C@H]2C[C@H]3O[Si](C(C)(C)C)(C(C)(C)C)OC[C@H]3O[C@H]21. The zero-order valence-corrected chi connectivity index (χ0v) is 56.6. The van der Waals surface area contributed by atoms with Crippen molar-refractivity contribution in [3.63, 3.8) is 0 Å². The molecule has 0 radical (unpaired) electrons. The zero-order valence-electron chi connectivity index (χ0n) is 52.5. The molecule has 7 rings (SSSR count). The van der Waals surface area contributed by atoms with Gasteiger partial charge in [-0.15, -0.1) is 13.2 Å². The molecule has 0 unspecified atom stereocenters. The summed E-state index contributed by atoms with van der Waals surface area (Å²) in [6, 6.07) is 15.7. The molecule has 0 bridgehead atoms. The van der Waals surface area contributed by atoms with Crippen LogP contribution in [0.3, 0.4) is 0 Å². The van der Waals surface area contributed by atoms with E-state index >= 15 is 0 Å². The number of carbonyl (C=O) groups is 2. The number of benzene rings is 2. The minimum atomic E-state index is -2.64. The van der Waals surface area contributed by atoms with Gasteiger partial charge >= 0.3 is 23.1 Å². The van der Waals surface area contributed by atoms with Gasteiger partial charge in [-0.1, -0.05) is 170 Å². The van der Waals surface area contributed by atoms with Crippen molar-refractivity contribution < 1.29 is 65.6 Å². The molecule has 0 saturated carbocycles. The van der Waals surface area contributed by atoms with Gasteiger partial charge in [0.2, 0.25) is 0 Å². The Kier molecular flexibility index (Phi) is 25.0. The fourth-order valence-corrected chi connectivity index (χ4v) is 23.1. The van der Waals surface area contributed by atoms with Crippen molar-refractivity contribution in [1.82, 2.24) is 0 Å². The van der Waals surface area contributed by atoms with E-state index in [1.54, 1.807) is 20.3 Å². The molecule has 14 nitrogen and oxygen atoms in total. The lowest BCUT2D eigenvalue weighted by Crippen LogP contribution is -2.68. The van der Waals surface area contributed by atoms with Gasteiger partial charge in [-0.3, -0.25) is 9.59 Å². The van der Waals surface area contributed by atoms with Gasteiger partial charge in [-0.2, -0.15) is 0 Å². The molecule has 0 aliphatic carbocycles. The third kappa shape index (κ3) is 17.3. The van der Waals surface area contributed by atoms with E-state index in [0.29, 0.717) is 58.0 Å². The van der Waals surface area contributed by atoms with Gasteiger partial charge in [0, 0.05) is 50.3 Å². The van der Waals surface area contributed by atoms with Gasteiger partial charge in [0.25, 0.3) is 0 Å². The molecule has 5 aliphatic heterocycles. The van der Waals surface area contributed by atoms with Crippen LogP contribution in [0.2, 0.25) is 20.2 Å². The minimum Gasteiger partial charge on any atom is -0.497 e. The van der Waals surface area contributed by atoms with Gasteiger partial charge < -0.3 is 56.0 Å². The van der Waals surface area contributed by atoms with Crippen molar-refractivity contribution in [2.45, 2.75) is 237 Å². The normalized spacial score (nSPS) is 28.1. The summed E-state index contributed by atoms with van der Waals surface area (Å²) in [5.74, 6) is 2.20. The Labute approximate surface area is 503 Å². The van der Waals surface area contributed by atoms with E-state index in [1.165, 1.54) is 0 Å². The monoisotopic (exact) mass is 1280 g/mol. The number of halogens is 1. The van der Waals surface area contributed by atoms with Gasteiger partial charge in [0.15, 0.2) is 0 Å². The van der Waals surface area contributed by atoms with Crippen LogP contribution in [0.4, 0.5) is 0 Å². The highest BCUT2D eigenvalue weighted by atomic mass is 127. The van der Waals surface area contributed by atoms with Crippen molar-refractivity contribution in [2.24, 2.45) is 23.7 Å². The number of rotatable bonds is 18. The molecule has 2 aromatic rings. The van der Waals surface area contributed by atoms with Crippen LogP contribution in [0, 0.1) is 23.7 Å². The molecule has 0 aromatic heterocycles. The number of hydrogen-bond acceptors (Lipinski definition) is 14. The molecule has 2 aromatic carbocycles. The van der Waals surface area contributed by atoms with Crippen LogP contribution in [0.1, 0.15) is 154 Å². The molecule has 5 saturated heterocycles. The largest absolute Gasteiger partial charge is 0.497 e. The highest BCUT2D eigenvalue weighted by Crippen LogP contribution is 2.57. The maximum atomic E-state index is 13.1. The number of ketones is 1. The summed E-state index contributed by atoms with van der Waals surface area (Å²) in [6.07, 6.45) is 3.95. The summed E-state index contributed by atoms with van der Waals surface area (Å²) in [6.45, 7) is 44.4. The van der Waals surface area contributed by atoms with Crippen molar-refractivity contribution in [1.29, 1.82) is 0 Å². The Morgan fingerprint density at radius 2 is 1.10 bits per heavy atom. The average Bonchev–Trinajstić information content (AvgIpc) is 3.53. The van der Waals surface area contributed by atoms with E-state index in [1.807, 2.05) is 68.5 Å². The lowest BCUT2D eigenvalue weighted by Gasteiger charge is -2.57. The summed E-state index contributed by atoms with van der Waals surface area (Å²) >= 11 is 2.37. The topological polar surface area (TPSA) is 156 Å². The molecule has 5 heterocycles. The van der Waals surface area contributed by atoms with Crippen molar-refractivity contribution in [3.05, 3.63) is 85.0 Å². The number of esters is 1. The van der Waals surface area contributed by atoms with Crippen LogP contribution in [-0.2, 0) is 64.2 Å². The quantitative estimate of drug-likeness (QED) is 0.0494. The molecule has 14 atom stereocenters. The maximum absolute atomic E-state index is 13.1. The third-order valence-electron chi connectivity index (χ3n) is 16.7. The Morgan fingerprint density at radius 3 is 1.52 bits per heavy atom. The first-order valence-corrected chi connectivity index (χ1v) is 34.6. The molecule has 1 N–H and O–H groups in total. The minimum absolute atomic E-state index is 0.0231. The molecular formula is C64H103IO14Si2. The number of fused-ring (bicyclic) bond motifs is 3. The fourth-order valence-electron chi connectivity index (χ4n) is 12.7. The Bertz CT molecular complexity index is 2280. The number of Topliss-reactive ketones (excluding diaryl/α,β-unsaturated/α-hetero) is 1. The molecule has 5 aliphatic rings. The third-order valence-corrected chi connectivity index (χ3v) is 28.4. The van der Waals surface area contributed by atoms with Crippen LogP contribution in [0.25, 0.3) is 0 Å². The van der Waals surface area contributed by atoms with E-state index in [0.717, 1.165) is 33.5 Å². The summed E-state index contributed by atoms with van der Waals surface area (Å²) in [5.41, 5.74) is 2.18. The second-order valence-corrected chi connectivity index (χ2v) is 37.8. The molecule has 17 heteroatoms. The van der Waals surface area contributed by atoms with Gasteiger partial charge in [0.1, 0.15) is 35.6 Å². The number of methoxy groups -OCH3 is 2. The number of hydrogen-bond donors (Lipinski definition) is 1. The molecule has 81 heavy (non-hydrogen) atoms. The first-order valence-electron chi connectivity index (χ1n) is 29.4. The molecule has 458 valence electrons. The van der Waals surface area contributed by atoms with Crippen molar-refractivity contribution in [2.75, 3.05) is 31.9 Å². The second-order valence-electron chi connectivity index (χ2n) is 27.4. The van der Waals surface area contributed by atoms with Crippen LogP contribution in [0.5, 0.6) is 11.5 Å². The number of carbonyl (C=O) groups excluding carboxylic acids is 2. The summed E-state index contributed by atoms with van der Waals surface area (Å²) < 4.78 is 68.1. The highest BCUT2D eigenvalue weighted by Gasteiger charge is 2.65. The van der Waals surface area contributed by atoms with Crippen LogP contribution < -0.4 is 9.47 Å². The molecule has 0 spiro atoms. The standard InChI is InChI=1S/C32H52O7Si.C18H32O5Si.C14H19IO2/c1-11-27(36-19-23-12-14-25(35-10)15-13-23)21(2)16-24(33)17-22(3)30-26(34)18-28-29(38-30)20-37-40(39-28,31(4,5)6)32(7,8)9;1-11-8-15(19)21-13-9-12-14(22-16(11)13)10-20-24(23-12,17(2,3)4)18(5,6)7;1-4-14(11(2)9-15)17-10-12-5-7-13(16-3)8-6-12/h11-15,21-22,26-30,34H,1,16-20H2,2-10H3;11-14,16H,8-10H2,1-7H3;4-8,11,14H,1,9-10H2,2-3H3/t21-,22-,26-,27+,28+,29+,30-;11-,12+,13-,14+,16-;11-,14+/m000/s1. The Balaban J connectivity index is 0.000000247. The van der Waals surface area contributed by atoms with E-state index in [4.69, 9.17) is 50.9 Å². The average molecular weight is 1280 g/mol. The van der Waals surface area contributed by atoms with E-state index in [-0.39, 0.29) is 98.5 Å². The van der Waals surface area contributed by atoms with Crippen molar-refractivity contribution in [3.8, 4) is 11.5 Å². The zero-order chi connectivity index (χ0) is 60.5. The maximum Gasteiger partial charge on any atom is 0.349 e. The molecule has 0 amide bonds.